The summed E-state index contributed by atoms with van der Waals surface area (Å²) >= 11 is 0. The smallest absolute Gasteiger partial charge is 0.234 e. The molecular formula is C21H35N3O4. The van der Waals surface area contributed by atoms with Crippen molar-refractivity contribution in [2.24, 2.45) is 0 Å². The van der Waals surface area contributed by atoms with Crippen LogP contribution in [0.25, 0.3) is 0 Å². The Kier molecular flexibility index (Phi) is 8.86. The normalized spacial score (nSPS) is 16.5. The number of carbonyl (C=O) groups is 1. The minimum atomic E-state index is 0.121. The van der Waals surface area contributed by atoms with Crippen LogP contribution in [0.4, 0.5) is 0 Å². The molecule has 7 nitrogen and oxygen atoms in total. The molecule has 0 saturated carbocycles. The lowest BCUT2D eigenvalue weighted by atomic mass is 10.1. The third-order valence-corrected chi connectivity index (χ3v) is 5.14. The fraction of sp³-hybridized carbons (Fsp3) is 0.667. The molecule has 0 radical (unpaired) electrons. The average molecular weight is 394 g/mol. The van der Waals surface area contributed by atoms with Gasteiger partial charge in [-0.1, -0.05) is 19.4 Å². The Morgan fingerprint density at radius 2 is 1.68 bits per heavy atom. The van der Waals surface area contributed by atoms with Gasteiger partial charge in [0.25, 0.3) is 0 Å². The van der Waals surface area contributed by atoms with Crippen molar-refractivity contribution in [3.05, 3.63) is 17.7 Å². The van der Waals surface area contributed by atoms with Crippen molar-refractivity contribution in [3.63, 3.8) is 0 Å². The fourth-order valence-electron chi connectivity index (χ4n) is 3.66. The first-order chi connectivity index (χ1) is 13.5. The van der Waals surface area contributed by atoms with Crippen molar-refractivity contribution in [1.82, 2.24) is 15.1 Å². The molecule has 1 amide bonds. The third kappa shape index (κ3) is 6.01. The lowest BCUT2D eigenvalue weighted by molar-refractivity contribution is -0.123. The van der Waals surface area contributed by atoms with Gasteiger partial charge in [-0.25, -0.2) is 0 Å². The van der Waals surface area contributed by atoms with E-state index in [-0.39, 0.29) is 11.9 Å². The second-order valence-electron chi connectivity index (χ2n) is 7.30. The summed E-state index contributed by atoms with van der Waals surface area (Å²) in [6, 6.07) is 4.18. The highest BCUT2D eigenvalue weighted by Crippen LogP contribution is 2.40. The molecule has 1 aromatic carbocycles. The van der Waals surface area contributed by atoms with E-state index in [0.29, 0.717) is 23.8 Å². The van der Waals surface area contributed by atoms with Crippen LogP contribution in [0.1, 0.15) is 32.3 Å². The van der Waals surface area contributed by atoms with Crippen molar-refractivity contribution in [3.8, 4) is 17.2 Å². The fourth-order valence-corrected chi connectivity index (χ4v) is 3.66. The van der Waals surface area contributed by atoms with Gasteiger partial charge in [-0.2, -0.15) is 0 Å². The summed E-state index contributed by atoms with van der Waals surface area (Å²) in [7, 11) is 4.89. The minimum Gasteiger partial charge on any atom is -0.493 e. The Bertz CT molecular complexity index is 630. The van der Waals surface area contributed by atoms with Gasteiger partial charge < -0.3 is 19.5 Å². The number of nitrogens with one attached hydrogen (secondary N) is 1. The topological polar surface area (TPSA) is 63.3 Å². The third-order valence-electron chi connectivity index (χ3n) is 5.14. The van der Waals surface area contributed by atoms with Gasteiger partial charge in [0.05, 0.1) is 27.9 Å². The summed E-state index contributed by atoms with van der Waals surface area (Å²) in [5.41, 5.74) is 1.07. The Morgan fingerprint density at radius 1 is 1.04 bits per heavy atom. The molecule has 0 aliphatic carbocycles. The van der Waals surface area contributed by atoms with E-state index < -0.39 is 0 Å². The largest absolute Gasteiger partial charge is 0.493 e. The summed E-state index contributed by atoms with van der Waals surface area (Å²) < 4.78 is 16.4. The first-order valence-electron chi connectivity index (χ1n) is 10.0. The Hall–Kier alpha value is -1.99. The van der Waals surface area contributed by atoms with Gasteiger partial charge in [0.2, 0.25) is 11.7 Å². The maximum absolute atomic E-state index is 12.2. The van der Waals surface area contributed by atoms with Crippen molar-refractivity contribution >= 4 is 5.91 Å². The average Bonchev–Trinajstić information content (AvgIpc) is 2.68. The number of carbonyl (C=O) groups excluding carboxylic acids is 1. The lowest BCUT2D eigenvalue weighted by Crippen LogP contribution is -2.49. The van der Waals surface area contributed by atoms with Gasteiger partial charge in [0, 0.05) is 44.3 Å². The maximum Gasteiger partial charge on any atom is 0.234 e. The van der Waals surface area contributed by atoms with E-state index in [1.165, 1.54) is 0 Å². The second-order valence-corrected chi connectivity index (χ2v) is 7.30. The number of benzene rings is 1. The molecule has 1 fully saturated rings. The molecular weight excluding hydrogens is 358 g/mol. The molecule has 2 rings (SSSR count). The van der Waals surface area contributed by atoms with Crippen molar-refractivity contribution < 1.29 is 19.0 Å². The van der Waals surface area contributed by atoms with Crippen molar-refractivity contribution in [2.75, 3.05) is 54.1 Å². The molecule has 0 aromatic heterocycles. The maximum atomic E-state index is 12.2. The van der Waals surface area contributed by atoms with E-state index in [2.05, 4.69) is 29.0 Å². The predicted molar refractivity (Wildman–Crippen MR) is 110 cm³/mol. The number of rotatable bonds is 10. The zero-order chi connectivity index (χ0) is 20.5. The predicted octanol–water partition coefficient (Wildman–Crippen LogP) is 2.13. The summed E-state index contributed by atoms with van der Waals surface area (Å²) in [6.45, 7) is 9.03. The molecule has 1 aliphatic heterocycles. The van der Waals surface area contributed by atoms with Gasteiger partial charge in [0.15, 0.2) is 11.5 Å². The minimum absolute atomic E-state index is 0.121. The Morgan fingerprint density at radius 3 is 2.25 bits per heavy atom. The van der Waals surface area contributed by atoms with Crippen LogP contribution in [-0.2, 0) is 11.3 Å². The standard InChI is InChI=1S/C21H35N3O4/c1-6-7-16(2)22-19(25)15-24-12-10-23(11-13-24)14-17-8-9-18(26-3)21(28-5)20(17)27-4/h8-9,16H,6-7,10-15H2,1-5H3,(H,22,25)/t16-/m1/s1. The van der Waals surface area contributed by atoms with Gasteiger partial charge in [-0.15, -0.1) is 0 Å². The first kappa shape index (κ1) is 22.3. The Labute approximate surface area is 168 Å². The van der Waals surface area contributed by atoms with Crippen LogP contribution in [0.2, 0.25) is 0 Å². The van der Waals surface area contributed by atoms with Crippen LogP contribution in [-0.4, -0.2) is 75.8 Å². The molecule has 0 bridgehead atoms. The molecule has 28 heavy (non-hydrogen) atoms. The summed E-state index contributed by atoms with van der Waals surface area (Å²) in [6.07, 6.45) is 2.10. The second kappa shape index (κ2) is 11.1. The zero-order valence-electron chi connectivity index (χ0n) is 17.9. The number of amides is 1. The summed E-state index contributed by atoms with van der Waals surface area (Å²) in [5, 5.41) is 3.08. The zero-order valence-corrected chi connectivity index (χ0v) is 17.9. The molecule has 0 spiro atoms. The van der Waals surface area contributed by atoms with E-state index in [4.69, 9.17) is 14.2 Å². The molecule has 1 atom stereocenters. The van der Waals surface area contributed by atoms with Crippen LogP contribution in [0.5, 0.6) is 17.2 Å². The molecule has 7 heteroatoms. The van der Waals surface area contributed by atoms with Gasteiger partial charge in [-0.05, 0) is 19.4 Å². The van der Waals surface area contributed by atoms with Gasteiger partial charge >= 0.3 is 0 Å². The molecule has 0 unspecified atom stereocenters. The van der Waals surface area contributed by atoms with Crippen LogP contribution in [0.3, 0.4) is 0 Å². The molecule has 158 valence electrons. The van der Waals surface area contributed by atoms with Gasteiger partial charge in [0.1, 0.15) is 0 Å². The van der Waals surface area contributed by atoms with E-state index in [1.54, 1.807) is 21.3 Å². The van der Waals surface area contributed by atoms with E-state index in [1.807, 2.05) is 12.1 Å². The summed E-state index contributed by atoms with van der Waals surface area (Å²) in [5.74, 6) is 2.12. The first-order valence-corrected chi connectivity index (χ1v) is 10.0. The number of hydrogen-bond acceptors (Lipinski definition) is 6. The number of hydrogen-bond donors (Lipinski definition) is 1. The number of ether oxygens (including phenoxy) is 3. The lowest BCUT2D eigenvalue weighted by Gasteiger charge is -2.34. The number of piperazine rings is 1. The molecule has 1 N–H and O–H groups in total. The van der Waals surface area contributed by atoms with E-state index >= 15 is 0 Å². The summed E-state index contributed by atoms with van der Waals surface area (Å²) in [4.78, 5) is 16.8. The SMILES string of the molecule is CCC[C@@H](C)NC(=O)CN1CCN(Cc2ccc(OC)c(OC)c2OC)CC1. The van der Waals surface area contributed by atoms with E-state index in [0.717, 1.165) is 51.1 Å². The Balaban J connectivity index is 1.88. The monoisotopic (exact) mass is 393 g/mol. The van der Waals surface area contributed by atoms with E-state index in [9.17, 15) is 4.79 Å². The molecule has 1 heterocycles. The van der Waals surface area contributed by atoms with Crippen molar-refractivity contribution in [1.29, 1.82) is 0 Å². The highest BCUT2D eigenvalue weighted by atomic mass is 16.5. The highest BCUT2D eigenvalue weighted by molar-refractivity contribution is 5.78. The quantitative estimate of drug-likeness (QED) is 0.657. The number of methoxy groups -OCH3 is 3. The van der Waals surface area contributed by atoms with Crippen LogP contribution in [0, 0.1) is 0 Å². The van der Waals surface area contributed by atoms with Crippen molar-refractivity contribution in [2.45, 2.75) is 39.3 Å². The van der Waals surface area contributed by atoms with Crippen LogP contribution < -0.4 is 19.5 Å². The molecule has 1 aliphatic rings. The van der Waals surface area contributed by atoms with Gasteiger partial charge in [-0.3, -0.25) is 14.6 Å². The number of nitrogens with zero attached hydrogens (tertiary/aromatic N) is 2. The highest BCUT2D eigenvalue weighted by Gasteiger charge is 2.22. The molecule has 1 aromatic rings. The van der Waals surface area contributed by atoms with Crippen LogP contribution in [0.15, 0.2) is 12.1 Å². The molecule has 1 saturated heterocycles. The van der Waals surface area contributed by atoms with Crippen LogP contribution >= 0.6 is 0 Å².